The molecule has 2 atom stereocenters. The molecular formula is C12H21NOSi. The van der Waals surface area contributed by atoms with Crippen LogP contribution in [0.15, 0.2) is 12.2 Å². The summed E-state index contributed by atoms with van der Waals surface area (Å²) >= 11 is 0. The van der Waals surface area contributed by atoms with E-state index in [1.165, 1.54) is 0 Å². The number of carbonyl (C=O) groups excluding carboxylic acids is 1. The second-order valence-electron chi connectivity index (χ2n) is 6.51. The van der Waals surface area contributed by atoms with Crippen molar-refractivity contribution in [3.8, 4) is 0 Å². The summed E-state index contributed by atoms with van der Waals surface area (Å²) in [6, 6.07) is 0. The van der Waals surface area contributed by atoms with Gasteiger partial charge in [0.15, 0.2) is 0 Å². The fourth-order valence-corrected chi connectivity index (χ4v) is 5.65. The zero-order chi connectivity index (χ0) is 11.5. The SMILES string of the molecule is CC(C)(C)[Si](C)(C)C12C=CC(C1)C(=O)N2. The van der Waals surface area contributed by atoms with E-state index in [9.17, 15) is 4.79 Å². The van der Waals surface area contributed by atoms with Crippen LogP contribution in [0, 0.1) is 5.92 Å². The third-order valence-electron chi connectivity index (χ3n) is 4.83. The molecule has 3 heteroatoms. The molecule has 2 unspecified atom stereocenters. The molecule has 0 aromatic carbocycles. The Balaban J connectivity index is 2.40. The van der Waals surface area contributed by atoms with Crippen molar-refractivity contribution in [3.63, 3.8) is 0 Å². The second kappa shape index (κ2) is 2.76. The molecule has 0 spiro atoms. The van der Waals surface area contributed by atoms with Gasteiger partial charge in [-0.3, -0.25) is 4.79 Å². The Labute approximate surface area is 93.1 Å². The van der Waals surface area contributed by atoms with Gasteiger partial charge in [-0.25, -0.2) is 0 Å². The molecule has 2 aliphatic rings. The predicted octanol–water partition coefficient (Wildman–Crippen LogP) is 2.48. The first-order chi connectivity index (χ1) is 6.70. The fourth-order valence-electron chi connectivity index (χ4n) is 2.64. The van der Waals surface area contributed by atoms with E-state index in [2.05, 4.69) is 51.3 Å². The highest BCUT2D eigenvalue weighted by Crippen LogP contribution is 2.50. The highest BCUT2D eigenvalue weighted by Gasteiger charge is 2.59. The Morgan fingerprint density at radius 2 is 2.07 bits per heavy atom. The molecule has 1 heterocycles. The van der Waals surface area contributed by atoms with E-state index >= 15 is 0 Å². The van der Waals surface area contributed by atoms with Crippen LogP contribution in [0.3, 0.4) is 0 Å². The monoisotopic (exact) mass is 223 g/mol. The molecule has 1 saturated heterocycles. The number of carbonyl (C=O) groups is 1. The van der Waals surface area contributed by atoms with E-state index in [-0.39, 0.29) is 17.0 Å². The first-order valence-corrected chi connectivity index (χ1v) is 8.71. The highest BCUT2D eigenvalue weighted by molar-refractivity contribution is 6.84. The van der Waals surface area contributed by atoms with Gasteiger partial charge >= 0.3 is 0 Å². The van der Waals surface area contributed by atoms with Crippen molar-refractivity contribution in [1.29, 1.82) is 0 Å². The van der Waals surface area contributed by atoms with E-state index < -0.39 is 8.07 Å². The van der Waals surface area contributed by atoms with Crippen LogP contribution in [-0.4, -0.2) is 19.1 Å². The summed E-state index contributed by atoms with van der Waals surface area (Å²) in [4.78, 5) is 11.7. The molecule has 0 aromatic rings. The van der Waals surface area contributed by atoms with Gasteiger partial charge in [0.25, 0.3) is 0 Å². The number of rotatable bonds is 1. The van der Waals surface area contributed by atoms with Gasteiger partial charge in [0.2, 0.25) is 5.91 Å². The van der Waals surface area contributed by atoms with E-state index in [0.717, 1.165) is 6.42 Å². The summed E-state index contributed by atoms with van der Waals surface area (Å²) in [5.74, 6) is 0.390. The van der Waals surface area contributed by atoms with Crippen LogP contribution in [0.5, 0.6) is 0 Å². The molecule has 15 heavy (non-hydrogen) atoms. The predicted molar refractivity (Wildman–Crippen MR) is 65.3 cm³/mol. The van der Waals surface area contributed by atoms with E-state index in [0.29, 0.717) is 5.04 Å². The maximum Gasteiger partial charge on any atom is 0.227 e. The van der Waals surface area contributed by atoms with Crippen molar-refractivity contribution in [2.24, 2.45) is 5.92 Å². The summed E-state index contributed by atoms with van der Waals surface area (Å²) in [6.07, 6.45) is 5.39. The number of hydrogen-bond donors (Lipinski definition) is 1. The highest BCUT2D eigenvalue weighted by atomic mass is 28.3. The lowest BCUT2D eigenvalue weighted by Crippen LogP contribution is -2.64. The maximum atomic E-state index is 11.7. The quantitative estimate of drug-likeness (QED) is 0.537. The van der Waals surface area contributed by atoms with Crippen molar-refractivity contribution in [3.05, 3.63) is 12.2 Å². The Kier molecular flexibility index (Phi) is 2.01. The van der Waals surface area contributed by atoms with Gasteiger partial charge in [-0.2, -0.15) is 0 Å². The third-order valence-corrected chi connectivity index (χ3v) is 11.3. The van der Waals surface area contributed by atoms with Crippen molar-refractivity contribution >= 4 is 14.0 Å². The van der Waals surface area contributed by atoms with Gasteiger partial charge in [-0.15, -0.1) is 0 Å². The zero-order valence-corrected chi connectivity index (χ0v) is 11.3. The Morgan fingerprint density at radius 3 is 2.40 bits per heavy atom. The molecule has 1 amide bonds. The normalized spacial score (nSPS) is 34.7. The Bertz CT molecular complexity index is 340. The summed E-state index contributed by atoms with van der Waals surface area (Å²) in [5.41, 5.74) is 0. The van der Waals surface area contributed by atoms with E-state index in [4.69, 9.17) is 0 Å². The van der Waals surface area contributed by atoms with Crippen molar-refractivity contribution < 1.29 is 4.79 Å². The lowest BCUT2D eigenvalue weighted by Gasteiger charge is -2.48. The van der Waals surface area contributed by atoms with Crippen molar-refractivity contribution in [2.45, 2.75) is 50.5 Å². The molecule has 0 radical (unpaired) electrons. The van der Waals surface area contributed by atoms with E-state index in [1.807, 2.05) is 0 Å². The summed E-state index contributed by atoms with van der Waals surface area (Å²) in [7, 11) is -1.54. The molecule has 84 valence electrons. The minimum Gasteiger partial charge on any atom is -0.349 e. The third kappa shape index (κ3) is 1.25. The van der Waals surface area contributed by atoms with Gasteiger partial charge in [-0.1, -0.05) is 46.0 Å². The van der Waals surface area contributed by atoms with Crippen LogP contribution in [-0.2, 0) is 4.79 Å². The van der Waals surface area contributed by atoms with Gasteiger partial charge < -0.3 is 5.32 Å². The van der Waals surface area contributed by atoms with Crippen LogP contribution >= 0.6 is 0 Å². The van der Waals surface area contributed by atoms with Crippen molar-refractivity contribution in [2.75, 3.05) is 0 Å². The number of hydrogen-bond acceptors (Lipinski definition) is 1. The lowest BCUT2D eigenvalue weighted by molar-refractivity contribution is -0.121. The Morgan fingerprint density at radius 1 is 1.47 bits per heavy atom. The first kappa shape index (κ1) is 10.9. The average Bonchev–Trinajstić information content (AvgIpc) is 2.59. The van der Waals surface area contributed by atoms with Crippen LogP contribution < -0.4 is 5.32 Å². The summed E-state index contributed by atoms with van der Waals surface area (Å²) in [5, 5.41) is 3.58. The fraction of sp³-hybridized carbons (Fsp3) is 0.750. The molecule has 1 aliphatic carbocycles. The summed E-state index contributed by atoms with van der Waals surface area (Å²) in [6.45, 7) is 11.7. The van der Waals surface area contributed by atoms with Gasteiger partial charge in [-0.05, 0) is 11.5 Å². The number of fused-ring (bicyclic) bond motifs is 2. The van der Waals surface area contributed by atoms with Gasteiger partial charge in [0.1, 0.15) is 0 Å². The second-order valence-corrected chi connectivity index (χ2v) is 12.1. The number of amides is 1. The molecule has 2 bridgehead atoms. The number of nitrogens with one attached hydrogen (secondary N) is 1. The average molecular weight is 223 g/mol. The molecular weight excluding hydrogens is 202 g/mol. The molecule has 0 aromatic heterocycles. The molecule has 2 rings (SSSR count). The lowest BCUT2D eigenvalue weighted by atomic mass is 10.1. The molecule has 1 N–H and O–H groups in total. The van der Waals surface area contributed by atoms with Gasteiger partial charge in [0.05, 0.1) is 19.2 Å². The van der Waals surface area contributed by atoms with Crippen LogP contribution in [0.1, 0.15) is 27.2 Å². The Hall–Kier alpha value is -0.573. The minimum absolute atomic E-state index is 0.0208. The van der Waals surface area contributed by atoms with Crippen molar-refractivity contribution in [1.82, 2.24) is 5.32 Å². The topological polar surface area (TPSA) is 29.1 Å². The minimum atomic E-state index is -1.54. The zero-order valence-electron chi connectivity index (χ0n) is 10.3. The summed E-state index contributed by atoms with van der Waals surface area (Å²) < 4.78 is 0. The standard InChI is InChI=1S/C12H21NOSi/c1-11(2,3)15(4,5)12-7-6-9(8-12)10(14)13-12/h6-7,9H,8H2,1-5H3,(H,13,14). The smallest absolute Gasteiger partial charge is 0.227 e. The van der Waals surface area contributed by atoms with Crippen LogP contribution in [0.25, 0.3) is 0 Å². The first-order valence-electron chi connectivity index (χ1n) is 5.71. The largest absolute Gasteiger partial charge is 0.349 e. The van der Waals surface area contributed by atoms with Gasteiger partial charge in [0, 0.05) is 0 Å². The maximum absolute atomic E-state index is 11.7. The molecule has 2 nitrogen and oxygen atoms in total. The molecule has 1 fully saturated rings. The molecule has 0 saturated carbocycles. The van der Waals surface area contributed by atoms with Crippen LogP contribution in [0.2, 0.25) is 18.1 Å². The molecule has 1 aliphatic heterocycles. The van der Waals surface area contributed by atoms with Crippen LogP contribution in [0.4, 0.5) is 0 Å². The van der Waals surface area contributed by atoms with E-state index in [1.54, 1.807) is 0 Å².